The molecule has 1 saturated heterocycles. The second kappa shape index (κ2) is 11.7. The minimum absolute atomic E-state index is 0. The van der Waals surface area contributed by atoms with Gasteiger partial charge in [-0.3, -0.25) is 9.79 Å². The molecule has 2 aliphatic rings. The fourth-order valence-corrected chi connectivity index (χ4v) is 4.57. The highest BCUT2D eigenvalue weighted by atomic mass is 127. The van der Waals surface area contributed by atoms with Crippen molar-refractivity contribution in [3.05, 3.63) is 65.2 Å². The zero-order valence-corrected chi connectivity index (χ0v) is 22.2. The Hall–Kier alpha value is -2.29. The Labute approximate surface area is 214 Å². The predicted molar refractivity (Wildman–Crippen MR) is 146 cm³/mol. The van der Waals surface area contributed by atoms with Crippen LogP contribution in [0.5, 0.6) is 0 Å². The topological polar surface area (TPSA) is 60.0 Å². The molecule has 2 aromatic rings. The fraction of sp³-hybridized carbons (Fsp3) is 0.462. The maximum Gasteiger partial charge on any atom is 0.225 e. The van der Waals surface area contributed by atoms with Crippen molar-refractivity contribution in [2.45, 2.75) is 45.8 Å². The number of likely N-dealkylation sites (tertiary alicyclic amines) is 1. The van der Waals surface area contributed by atoms with Crippen molar-refractivity contribution in [2.75, 3.05) is 31.6 Å². The fourth-order valence-electron chi connectivity index (χ4n) is 4.57. The number of anilines is 1. The van der Waals surface area contributed by atoms with Crippen LogP contribution in [0.15, 0.2) is 53.5 Å². The quantitative estimate of drug-likeness (QED) is 0.320. The first-order chi connectivity index (χ1) is 15.5. The number of carbonyl (C=O) groups excluding carboxylic acids is 1. The molecule has 1 unspecified atom stereocenters. The summed E-state index contributed by atoms with van der Waals surface area (Å²) in [7, 11) is 1.79. The Kier molecular flexibility index (Phi) is 9.00. The van der Waals surface area contributed by atoms with Gasteiger partial charge in [0.2, 0.25) is 5.91 Å². The minimum atomic E-state index is 0. The molecule has 7 heteroatoms. The van der Waals surface area contributed by atoms with Crippen molar-refractivity contribution in [1.82, 2.24) is 15.5 Å². The molecule has 33 heavy (non-hydrogen) atoms. The average Bonchev–Trinajstić information content (AvgIpc) is 3.44. The molecule has 2 heterocycles. The highest BCUT2D eigenvalue weighted by molar-refractivity contribution is 14.0. The third kappa shape index (κ3) is 6.40. The standard InChI is InChI=1S/C26H35N5O.HI/c1-19(2)25(32)31-15-13-23(18-31)29-26(27-3)28-16-20-8-10-21(11-9-20)17-30-14-12-22-6-4-5-7-24(22)30;/h4-11,19,23H,12-18H2,1-3H3,(H2,27,28,29);1H. The van der Waals surface area contributed by atoms with Crippen molar-refractivity contribution in [3.63, 3.8) is 0 Å². The molecule has 0 aliphatic carbocycles. The summed E-state index contributed by atoms with van der Waals surface area (Å²) < 4.78 is 0. The number of amides is 1. The van der Waals surface area contributed by atoms with Crippen LogP contribution >= 0.6 is 24.0 Å². The van der Waals surface area contributed by atoms with Crippen molar-refractivity contribution in [3.8, 4) is 0 Å². The van der Waals surface area contributed by atoms with Gasteiger partial charge < -0.3 is 20.4 Å². The Bertz CT molecular complexity index is 959. The number of fused-ring (bicyclic) bond motifs is 1. The highest BCUT2D eigenvalue weighted by Crippen LogP contribution is 2.28. The lowest BCUT2D eigenvalue weighted by molar-refractivity contribution is -0.133. The van der Waals surface area contributed by atoms with Crippen LogP contribution in [0.3, 0.4) is 0 Å². The van der Waals surface area contributed by atoms with Gasteiger partial charge in [-0.25, -0.2) is 0 Å². The SMILES string of the molecule is CN=C(NCc1ccc(CN2CCc3ccccc32)cc1)NC1CCN(C(=O)C(C)C)C1.I. The van der Waals surface area contributed by atoms with Crippen molar-refractivity contribution in [2.24, 2.45) is 10.9 Å². The summed E-state index contributed by atoms with van der Waals surface area (Å²) in [5.74, 6) is 1.07. The van der Waals surface area contributed by atoms with Gasteiger partial charge in [-0.2, -0.15) is 0 Å². The Morgan fingerprint density at radius 1 is 1.09 bits per heavy atom. The van der Waals surface area contributed by atoms with E-state index in [1.807, 2.05) is 18.7 Å². The lowest BCUT2D eigenvalue weighted by atomic mass is 10.1. The number of hydrogen-bond donors (Lipinski definition) is 2. The van der Waals surface area contributed by atoms with Gasteiger partial charge in [0.05, 0.1) is 0 Å². The number of carbonyl (C=O) groups is 1. The Morgan fingerprint density at radius 2 is 1.82 bits per heavy atom. The number of rotatable bonds is 6. The first-order valence-electron chi connectivity index (χ1n) is 11.7. The number of nitrogens with one attached hydrogen (secondary N) is 2. The van der Waals surface area contributed by atoms with Gasteiger partial charge in [-0.1, -0.05) is 56.3 Å². The molecule has 1 atom stereocenters. The molecule has 0 aromatic heterocycles. The van der Waals surface area contributed by atoms with Crippen LogP contribution < -0.4 is 15.5 Å². The van der Waals surface area contributed by atoms with Crippen LogP contribution in [0.25, 0.3) is 0 Å². The summed E-state index contributed by atoms with van der Waals surface area (Å²) in [6.07, 6.45) is 2.09. The smallest absolute Gasteiger partial charge is 0.225 e. The van der Waals surface area contributed by atoms with E-state index in [-0.39, 0.29) is 41.8 Å². The third-order valence-electron chi connectivity index (χ3n) is 6.40. The van der Waals surface area contributed by atoms with Gasteiger partial charge in [-0.15, -0.1) is 24.0 Å². The molecule has 0 radical (unpaired) electrons. The second-order valence-electron chi connectivity index (χ2n) is 9.11. The highest BCUT2D eigenvalue weighted by Gasteiger charge is 2.28. The van der Waals surface area contributed by atoms with Crippen LogP contribution in [0.1, 0.15) is 37.0 Å². The molecule has 0 spiro atoms. The first kappa shape index (κ1) is 25.3. The zero-order chi connectivity index (χ0) is 22.5. The van der Waals surface area contributed by atoms with Gasteiger partial charge >= 0.3 is 0 Å². The monoisotopic (exact) mass is 561 g/mol. The van der Waals surface area contributed by atoms with Crippen LogP contribution in [0.4, 0.5) is 5.69 Å². The maximum absolute atomic E-state index is 12.2. The molecule has 4 rings (SSSR count). The molecule has 6 nitrogen and oxygen atoms in total. The third-order valence-corrected chi connectivity index (χ3v) is 6.40. The average molecular weight is 562 g/mol. The van der Waals surface area contributed by atoms with E-state index in [0.717, 1.165) is 45.0 Å². The van der Waals surface area contributed by atoms with Crippen LogP contribution in [-0.2, 0) is 24.3 Å². The number of aliphatic imine (C=N–C) groups is 1. The van der Waals surface area contributed by atoms with Gasteiger partial charge in [0, 0.05) is 57.4 Å². The number of halogens is 1. The summed E-state index contributed by atoms with van der Waals surface area (Å²) in [5, 5.41) is 6.88. The van der Waals surface area contributed by atoms with Crippen molar-refractivity contribution >= 4 is 41.5 Å². The molecule has 2 aromatic carbocycles. The minimum Gasteiger partial charge on any atom is -0.367 e. The summed E-state index contributed by atoms with van der Waals surface area (Å²) in [4.78, 5) is 21.0. The van der Waals surface area contributed by atoms with Crippen LogP contribution in [0, 0.1) is 5.92 Å². The van der Waals surface area contributed by atoms with Gasteiger partial charge in [0.25, 0.3) is 0 Å². The molecule has 0 bridgehead atoms. The van der Waals surface area contributed by atoms with E-state index in [4.69, 9.17) is 0 Å². The number of guanidine groups is 1. The molecule has 2 N–H and O–H groups in total. The van der Waals surface area contributed by atoms with E-state index in [1.165, 1.54) is 22.4 Å². The lowest BCUT2D eigenvalue weighted by Gasteiger charge is -2.21. The maximum atomic E-state index is 12.2. The molecule has 0 saturated carbocycles. The van der Waals surface area contributed by atoms with E-state index >= 15 is 0 Å². The number of hydrogen-bond acceptors (Lipinski definition) is 3. The lowest BCUT2D eigenvalue weighted by Crippen LogP contribution is -2.45. The summed E-state index contributed by atoms with van der Waals surface area (Å²) in [6, 6.07) is 17.8. The van der Waals surface area contributed by atoms with E-state index in [1.54, 1.807) is 7.05 Å². The first-order valence-corrected chi connectivity index (χ1v) is 11.7. The van der Waals surface area contributed by atoms with E-state index in [2.05, 4.69) is 69.1 Å². The van der Waals surface area contributed by atoms with E-state index in [0.29, 0.717) is 6.54 Å². The van der Waals surface area contributed by atoms with Gasteiger partial charge in [-0.05, 0) is 35.6 Å². The van der Waals surface area contributed by atoms with Crippen LogP contribution in [-0.4, -0.2) is 49.5 Å². The molecule has 1 amide bonds. The Balaban J connectivity index is 0.00000306. The summed E-state index contributed by atoms with van der Waals surface area (Å²) in [6.45, 7) is 8.22. The molecule has 178 valence electrons. The van der Waals surface area contributed by atoms with Gasteiger partial charge in [0.15, 0.2) is 5.96 Å². The number of para-hydroxylation sites is 1. The summed E-state index contributed by atoms with van der Waals surface area (Å²) in [5.41, 5.74) is 5.37. The van der Waals surface area contributed by atoms with Crippen molar-refractivity contribution < 1.29 is 4.79 Å². The molecular weight excluding hydrogens is 525 g/mol. The van der Waals surface area contributed by atoms with Crippen molar-refractivity contribution in [1.29, 1.82) is 0 Å². The zero-order valence-electron chi connectivity index (χ0n) is 19.9. The molecule has 2 aliphatic heterocycles. The largest absolute Gasteiger partial charge is 0.367 e. The Morgan fingerprint density at radius 3 is 2.55 bits per heavy atom. The molecular formula is C26H36IN5O. The summed E-state index contributed by atoms with van der Waals surface area (Å²) >= 11 is 0. The van der Waals surface area contributed by atoms with E-state index in [9.17, 15) is 4.79 Å². The number of benzene rings is 2. The van der Waals surface area contributed by atoms with Crippen LogP contribution in [0.2, 0.25) is 0 Å². The van der Waals surface area contributed by atoms with Gasteiger partial charge in [0.1, 0.15) is 0 Å². The second-order valence-corrected chi connectivity index (χ2v) is 9.11. The predicted octanol–water partition coefficient (Wildman–Crippen LogP) is 3.79. The normalized spacial score (nSPS) is 17.7. The van der Waals surface area contributed by atoms with E-state index < -0.39 is 0 Å². The number of nitrogens with zero attached hydrogens (tertiary/aromatic N) is 3. The molecule has 1 fully saturated rings.